The van der Waals surface area contributed by atoms with Crippen molar-refractivity contribution in [3.05, 3.63) is 17.8 Å². The summed E-state index contributed by atoms with van der Waals surface area (Å²) in [5.74, 6) is 2.09. The van der Waals surface area contributed by atoms with Gasteiger partial charge in [-0.05, 0) is 32.4 Å². The second-order valence-corrected chi connectivity index (χ2v) is 4.93. The molecule has 1 aromatic rings. The normalized spacial score (nSPS) is 34.6. The standard InChI is InChI=1S/C11H15ClN2O/c12-6-10-13-7-9(15-10)11-2-1-4-14(8-11)5-3-11/h7H,1-6,8H2. The average molecular weight is 227 g/mol. The first-order valence-electron chi connectivity index (χ1n) is 5.56. The molecule has 2 unspecified atom stereocenters. The number of hydrogen-bond acceptors (Lipinski definition) is 3. The number of fused-ring (bicyclic) bond motifs is 2. The van der Waals surface area contributed by atoms with Crippen LogP contribution in [0.1, 0.15) is 30.9 Å². The fourth-order valence-corrected chi connectivity index (χ4v) is 3.06. The van der Waals surface area contributed by atoms with Crippen molar-refractivity contribution >= 4 is 11.6 Å². The highest BCUT2D eigenvalue weighted by molar-refractivity contribution is 6.16. The number of rotatable bonds is 2. The average Bonchev–Trinajstić information content (AvgIpc) is 2.85. The predicted molar refractivity (Wildman–Crippen MR) is 58.0 cm³/mol. The fourth-order valence-electron chi connectivity index (χ4n) is 2.94. The van der Waals surface area contributed by atoms with Gasteiger partial charge in [0.1, 0.15) is 5.76 Å². The maximum Gasteiger partial charge on any atom is 0.209 e. The van der Waals surface area contributed by atoms with Crippen molar-refractivity contribution < 1.29 is 4.42 Å². The van der Waals surface area contributed by atoms with E-state index in [-0.39, 0.29) is 5.41 Å². The van der Waals surface area contributed by atoms with E-state index in [1.54, 1.807) is 0 Å². The summed E-state index contributed by atoms with van der Waals surface area (Å²) in [4.78, 5) is 6.72. The quantitative estimate of drug-likeness (QED) is 0.724. The lowest BCUT2D eigenvalue weighted by Gasteiger charge is -2.31. The van der Waals surface area contributed by atoms with E-state index in [1.807, 2.05) is 6.20 Å². The third-order valence-electron chi connectivity index (χ3n) is 3.75. The highest BCUT2D eigenvalue weighted by atomic mass is 35.5. The zero-order valence-corrected chi connectivity index (χ0v) is 9.46. The number of nitrogens with zero attached hydrogens (tertiary/aromatic N) is 2. The molecule has 2 fully saturated rings. The topological polar surface area (TPSA) is 29.3 Å². The minimum atomic E-state index is 0.246. The van der Waals surface area contributed by atoms with Gasteiger partial charge in [-0.2, -0.15) is 0 Å². The molecule has 0 aromatic carbocycles. The summed E-state index contributed by atoms with van der Waals surface area (Å²) in [6, 6.07) is 0. The second kappa shape index (κ2) is 3.49. The molecule has 15 heavy (non-hydrogen) atoms. The molecule has 2 aliphatic heterocycles. The summed E-state index contributed by atoms with van der Waals surface area (Å²) < 4.78 is 5.72. The Morgan fingerprint density at radius 2 is 2.40 bits per heavy atom. The minimum Gasteiger partial charge on any atom is -0.444 e. The molecule has 2 bridgehead atoms. The first kappa shape index (κ1) is 9.67. The molecule has 0 radical (unpaired) electrons. The van der Waals surface area contributed by atoms with Gasteiger partial charge in [0.25, 0.3) is 0 Å². The zero-order valence-electron chi connectivity index (χ0n) is 8.71. The number of halogens is 1. The van der Waals surface area contributed by atoms with Crippen molar-refractivity contribution in [2.24, 2.45) is 0 Å². The van der Waals surface area contributed by atoms with Crippen molar-refractivity contribution in [1.29, 1.82) is 0 Å². The van der Waals surface area contributed by atoms with E-state index >= 15 is 0 Å². The predicted octanol–water partition coefficient (Wildman–Crippen LogP) is 2.15. The van der Waals surface area contributed by atoms with Crippen LogP contribution in [-0.2, 0) is 11.3 Å². The van der Waals surface area contributed by atoms with E-state index in [4.69, 9.17) is 16.0 Å². The summed E-state index contributed by atoms with van der Waals surface area (Å²) in [5.41, 5.74) is 0.246. The second-order valence-electron chi connectivity index (χ2n) is 4.66. The molecule has 1 aromatic heterocycles. The van der Waals surface area contributed by atoms with Gasteiger partial charge in [-0.25, -0.2) is 4.98 Å². The van der Waals surface area contributed by atoms with Crippen molar-refractivity contribution in [2.45, 2.75) is 30.6 Å². The Morgan fingerprint density at radius 1 is 1.47 bits per heavy atom. The van der Waals surface area contributed by atoms with Crippen LogP contribution in [0.25, 0.3) is 0 Å². The van der Waals surface area contributed by atoms with Gasteiger partial charge in [-0.15, -0.1) is 11.6 Å². The molecule has 0 amide bonds. The highest BCUT2D eigenvalue weighted by Crippen LogP contribution is 2.42. The maximum atomic E-state index is 5.72. The van der Waals surface area contributed by atoms with Crippen LogP contribution in [-0.4, -0.2) is 29.5 Å². The van der Waals surface area contributed by atoms with Crippen LogP contribution in [0, 0.1) is 0 Å². The van der Waals surface area contributed by atoms with Crippen LogP contribution in [0.5, 0.6) is 0 Å². The third-order valence-corrected chi connectivity index (χ3v) is 3.98. The molecule has 2 atom stereocenters. The molecule has 2 saturated heterocycles. The smallest absolute Gasteiger partial charge is 0.209 e. The molecule has 0 saturated carbocycles. The van der Waals surface area contributed by atoms with Gasteiger partial charge in [-0.3, -0.25) is 0 Å². The molecule has 3 heterocycles. The largest absolute Gasteiger partial charge is 0.444 e. The summed E-state index contributed by atoms with van der Waals surface area (Å²) in [5, 5.41) is 0. The molecule has 3 nitrogen and oxygen atoms in total. The van der Waals surface area contributed by atoms with Crippen LogP contribution in [0.4, 0.5) is 0 Å². The maximum absolute atomic E-state index is 5.72. The summed E-state index contributed by atoms with van der Waals surface area (Å²) in [6.45, 7) is 3.60. The molecular weight excluding hydrogens is 212 g/mol. The molecular formula is C11H15ClN2O. The molecule has 0 aliphatic carbocycles. The van der Waals surface area contributed by atoms with E-state index in [2.05, 4.69) is 9.88 Å². The number of hydrogen-bond donors (Lipinski definition) is 0. The first-order valence-corrected chi connectivity index (χ1v) is 6.09. The number of piperidine rings is 1. The molecule has 2 aliphatic rings. The Labute approximate surface area is 94.4 Å². The summed E-state index contributed by atoms with van der Waals surface area (Å²) in [7, 11) is 0. The number of alkyl halides is 1. The SMILES string of the molecule is ClCc1ncc(C23CCCN(CC2)C3)o1. The van der Waals surface area contributed by atoms with Gasteiger partial charge >= 0.3 is 0 Å². The Bertz CT molecular complexity index is 361. The number of aromatic nitrogens is 1. The zero-order chi connectivity index (χ0) is 10.3. The Hall–Kier alpha value is -0.540. The van der Waals surface area contributed by atoms with Crippen molar-refractivity contribution in [2.75, 3.05) is 19.6 Å². The van der Waals surface area contributed by atoms with E-state index in [0.717, 1.165) is 12.3 Å². The lowest BCUT2D eigenvalue weighted by atomic mass is 9.79. The Morgan fingerprint density at radius 3 is 3.20 bits per heavy atom. The van der Waals surface area contributed by atoms with Gasteiger partial charge in [0.05, 0.1) is 12.1 Å². The van der Waals surface area contributed by atoms with Crippen LogP contribution < -0.4 is 0 Å². The fraction of sp³-hybridized carbons (Fsp3) is 0.727. The van der Waals surface area contributed by atoms with E-state index < -0.39 is 0 Å². The molecule has 3 rings (SSSR count). The molecule has 0 N–H and O–H groups in total. The lowest BCUT2D eigenvalue weighted by Crippen LogP contribution is -2.36. The van der Waals surface area contributed by atoms with Crippen molar-refractivity contribution in [3.63, 3.8) is 0 Å². The Kier molecular flexibility index (Phi) is 2.25. The van der Waals surface area contributed by atoms with Crippen molar-refractivity contribution in [1.82, 2.24) is 9.88 Å². The van der Waals surface area contributed by atoms with Crippen LogP contribution in [0.3, 0.4) is 0 Å². The van der Waals surface area contributed by atoms with Crippen LogP contribution >= 0.6 is 11.6 Å². The molecule has 0 spiro atoms. The monoisotopic (exact) mass is 226 g/mol. The number of oxazole rings is 1. The van der Waals surface area contributed by atoms with E-state index in [9.17, 15) is 0 Å². The van der Waals surface area contributed by atoms with E-state index in [0.29, 0.717) is 11.8 Å². The van der Waals surface area contributed by atoms with Gasteiger partial charge in [0, 0.05) is 12.0 Å². The summed E-state index contributed by atoms with van der Waals surface area (Å²) in [6.07, 6.45) is 5.60. The highest BCUT2D eigenvalue weighted by Gasteiger charge is 2.44. The summed E-state index contributed by atoms with van der Waals surface area (Å²) >= 11 is 5.71. The third kappa shape index (κ3) is 1.49. The van der Waals surface area contributed by atoms with Crippen LogP contribution in [0.15, 0.2) is 10.6 Å². The lowest BCUT2D eigenvalue weighted by molar-refractivity contribution is 0.218. The van der Waals surface area contributed by atoms with Crippen molar-refractivity contribution in [3.8, 4) is 0 Å². The van der Waals surface area contributed by atoms with E-state index in [1.165, 1.54) is 32.4 Å². The van der Waals surface area contributed by atoms with Gasteiger partial charge < -0.3 is 9.32 Å². The molecule has 4 heteroatoms. The van der Waals surface area contributed by atoms with Crippen LogP contribution in [0.2, 0.25) is 0 Å². The van der Waals surface area contributed by atoms with Gasteiger partial charge in [0.15, 0.2) is 0 Å². The first-order chi connectivity index (χ1) is 7.32. The van der Waals surface area contributed by atoms with Gasteiger partial charge in [0.2, 0.25) is 5.89 Å². The van der Waals surface area contributed by atoms with Gasteiger partial charge in [-0.1, -0.05) is 0 Å². The minimum absolute atomic E-state index is 0.246. The Balaban J connectivity index is 1.91. The molecule has 82 valence electrons.